The molecule has 3 amide bonds. The van der Waals surface area contributed by atoms with Crippen LogP contribution in [-0.4, -0.2) is 33.6 Å². The molecule has 0 aromatic carbocycles. The minimum atomic E-state index is -0.824. The predicted octanol–water partition coefficient (Wildman–Crippen LogP) is 1.61. The molecule has 1 saturated heterocycles. The Kier molecular flexibility index (Phi) is 3.48. The summed E-state index contributed by atoms with van der Waals surface area (Å²) in [5, 5.41) is 2.72. The Bertz CT molecular complexity index is 698. The lowest BCUT2D eigenvalue weighted by Crippen LogP contribution is -2.46. The number of hydrogen-bond donors (Lipinski definition) is 1. The van der Waals surface area contributed by atoms with Gasteiger partial charge in [-0.25, -0.2) is 0 Å². The number of pyridine rings is 1. The lowest BCUT2D eigenvalue weighted by molar-refractivity contribution is -0.146. The Labute approximate surface area is 139 Å². The molecule has 5 rings (SSSR count). The molecule has 1 aromatic heterocycles. The van der Waals surface area contributed by atoms with Crippen molar-refractivity contribution < 1.29 is 14.4 Å². The molecule has 3 aliphatic carbocycles. The molecule has 1 aliphatic heterocycles. The van der Waals surface area contributed by atoms with Gasteiger partial charge in [-0.2, -0.15) is 0 Å². The maximum absolute atomic E-state index is 12.8. The first-order chi connectivity index (χ1) is 11.6. The minimum Gasteiger partial charge on any atom is -0.323 e. The highest BCUT2D eigenvalue weighted by Gasteiger charge is 2.58. The number of fused-ring (bicyclic) bond motifs is 1. The zero-order valence-electron chi connectivity index (χ0n) is 13.4. The lowest BCUT2D eigenvalue weighted by Gasteiger charge is -2.38. The fourth-order valence-corrected chi connectivity index (χ4v) is 4.28. The van der Waals surface area contributed by atoms with E-state index in [1.165, 1.54) is 11.1 Å². The van der Waals surface area contributed by atoms with Gasteiger partial charge in [-0.1, -0.05) is 12.2 Å². The number of allylic oxidation sites excluding steroid dienone is 2. The van der Waals surface area contributed by atoms with E-state index in [9.17, 15) is 14.4 Å². The van der Waals surface area contributed by atoms with Gasteiger partial charge in [0.1, 0.15) is 6.04 Å². The molecule has 1 saturated carbocycles. The van der Waals surface area contributed by atoms with Crippen LogP contribution >= 0.6 is 0 Å². The summed E-state index contributed by atoms with van der Waals surface area (Å²) in [6.07, 6.45) is 9.19. The van der Waals surface area contributed by atoms with Gasteiger partial charge in [-0.3, -0.25) is 24.3 Å². The van der Waals surface area contributed by atoms with Gasteiger partial charge in [0.25, 0.3) is 0 Å². The van der Waals surface area contributed by atoms with Gasteiger partial charge < -0.3 is 5.32 Å². The number of rotatable bonds is 3. The Hall–Kier alpha value is -2.50. The van der Waals surface area contributed by atoms with Gasteiger partial charge in [0.05, 0.1) is 23.7 Å². The number of likely N-dealkylation sites (tertiary alicyclic amines) is 1. The van der Waals surface area contributed by atoms with E-state index in [0.29, 0.717) is 5.69 Å². The Morgan fingerprint density at radius 1 is 1.21 bits per heavy atom. The van der Waals surface area contributed by atoms with Crippen LogP contribution in [0.5, 0.6) is 0 Å². The van der Waals surface area contributed by atoms with Crippen molar-refractivity contribution in [1.82, 2.24) is 9.88 Å². The van der Waals surface area contributed by atoms with Crippen LogP contribution in [-0.2, 0) is 14.4 Å². The van der Waals surface area contributed by atoms with E-state index in [0.717, 1.165) is 12.8 Å². The molecule has 0 unspecified atom stereocenters. The van der Waals surface area contributed by atoms with Gasteiger partial charge >= 0.3 is 0 Å². The second-order valence-corrected chi connectivity index (χ2v) is 6.79. The number of imide groups is 1. The summed E-state index contributed by atoms with van der Waals surface area (Å²) in [4.78, 5) is 43.2. The van der Waals surface area contributed by atoms with Gasteiger partial charge in [-0.05, 0) is 43.7 Å². The maximum Gasteiger partial charge on any atom is 0.247 e. The smallest absolute Gasteiger partial charge is 0.247 e. The number of aromatic nitrogens is 1. The standard InChI is InChI=1S/C18H19N3O3/c1-10(16(22)20-13-3-2-8-19-9-13)21-17(23)14-11-4-5-12(7-6-11)15(14)18(21)24/h2-5,8-12,14-15H,6-7H2,1H3,(H,20,22)/t10-,11+,12+,14+,15+/m1/s1. The first-order valence-electron chi connectivity index (χ1n) is 8.34. The number of nitrogens with zero attached hydrogens (tertiary/aromatic N) is 2. The van der Waals surface area contributed by atoms with Crippen LogP contribution in [0, 0.1) is 23.7 Å². The number of carbonyl (C=O) groups is 3. The minimum absolute atomic E-state index is 0.134. The Morgan fingerprint density at radius 3 is 2.33 bits per heavy atom. The molecule has 6 heteroatoms. The van der Waals surface area contributed by atoms with Crippen molar-refractivity contribution >= 4 is 23.4 Å². The summed E-state index contributed by atoms with van der Waals surface area (Å²) in [6.45, 7) is 1.61. The van der Waals surface area contributed by atoms with Crippen LogP contribution in [0.4, 0.5) is 5.69 Å². The molecule has 0 spiro atoms. The average Bonchev–Trinajstić information content (AvgIpc) is 2.89. The van der Waals surface area contributed by atoms with Crippen molar-refractivity contribution in [2.24, 2.45) is 23.7 Å². The second kappa shape index (κ2) is 5.54. The van der Waals surface area contributed by atoms with E-state index < -0.39 is 6.04 Å². The fourth-order valence-electron chi connectivity index (χ4n) is 4.28. The number of carbonyl (C=O) groups excluding carboxylic acids is 3. The summed E-state index contributed by atoms with van der Waals surface area (Å²) < 4.78 is 0. The molecule has 2 heterocycles. The molecule has 1 aromatic rings. The van der Waals surface area contributed by atoms with E-state index in [1.807, 2.05) is 0 Å². The number of nitrogens with one attached hydrogen (secondary N) is 1. The molecule has 5 atom stereocenters. The number of anilines is 1. The fraction of sp³-hybridized carbons (Fsp3) is 0.444. The van der Waals surface area contributed by atoms with Crippen molar-refractivity contribution in [2.45, 2.75) is 25.8 Å². The number of amides is 3. The summed E-state index contributed by atoms with van der Waals surface area (Å²) >= 11 is 0. The molecule has 24 heavy (non-hydrogen) atoms. The zero-order valence-corrected chi connectivity index (χ0v) is 13.4. The van der Waals surface area contributed by atoms with Crippen LogP contribution in [0.3, 0.4) is 0 Å². The normalized spacial score (nSPS) is 32.0. The van der Waals surface area contributed by atoms with Crippen molar-refractivity contribution in [2.75, 3.05) is 5.32 Å². The third-order valence-electron chi connectivity index (χ3n) is 5.49. The molecular weight excluding hydrogens is 306 g/mol. The quantitative estimate of drug-likeness (QED) is 0.676. The average molecular weight is 325 g/mol. The summed E-state index contributed by atoms with van der Waals surface area (Å²) in [6, 6.07) is 2.61. The van der Waals surface area contributed by atoms with Gasteiger partial charge in [0.15, 0.2) is 0 Å². The van der Waals surface area contributed by atoms with E-state index in [1.54, 1.807) is 25.3 Å². The lowest BCUT2D eigenvalue weighted by atomic mass is 9.63. The number of hydrogen-bond acceptors (Lipinski definition) is 4. The highest BCUT2D eigenvalue weighted by atomic mass is 16.2. The molecule has 124 valence electrons. The van der Waals surface area contributed by atoms with Gasteiger partial charge in [0, 0.05) is 6.20 Å². The van der Waals surface area contributed by atoms with E-state index >= 15 is 0 Å². The predicted molar refractivity (Wildman–Crippen MR) is 86.5 cm³/mol. The molecule has 0 radical (unpaired) electrons. The molecule has 2 bridgehead atoms. The summed E-state index contributed by atoms with van der Waals surface area (Å²) in [5.41, 5.74) is 0.549. The van der Waals surface area contributed by atoms with E-state index in [2.05, 4.69) is 22.5 Å². The van der Waals surface area contributed by atoms with Crippen LogP contribution in [0.2, 0.25) is 0 Å². The van der Waals surface area contributed by atoms with Crippen molar-refractivity contribution in [3.63, 3.8) is 0 Å². The third kappa shape index (κ3) is 2.17. The summed E-state index contributed by atoms with van der Waals surface area (Å²) in [5.74, 6) is -1.06. The van der Waals surface area contributed by atoms with Crippen molar-refractivity contribution in [1.29, 1.82) is 0 Å². The first kappa shape index (κ1) is 15.1. The highest BCUT2D eigenvalue weighted by molar-refractivity contribution is 6.10. The second-order valence-electron chi connectivity index (χ2n) is 6.79. The van der Waals surface area contributed by atoms with Crippen LogP contribution < -0.4 is 5.32 Å². The molecule has 2 fully saturated rings. The molecule has 1 N–H and O–H groups in total. The largest absolute Gasteiger partial charge is 0.323 e. The maximum atomic E-state index is 12.8. The van der Waals surface area contributed by atoms with Crippen molar-refractivity contribution in [3.8, 4) is 0 Å². The Morgan fingerprint density at radius 2 is 1.83 bits per heavy atom. The summed E-state index contributed by atoms with van der Waals surface area (Å²) in [7, 11) is 0. The van der Waals surface area contributed by atoms with E-state index in [4.69, 9.17) is 0 Å². The van der Waals surface area contributed by atoms with Crippen LogP contribution in [0.25, 0.3) is 0 Å². The molecule has 4 aliphatic rings. The topological polar surface area (TPSA) is 79.4 Å². The van der Waals surface area contributed by atoms with Crippen LogP contribution in [0.1, 0.15) is 19.8 Å². The zero-order chi connectivity index (χ0) is 16.8. The SMILES string of the molecule is C[C@H](C(=O)Nc1cccnc1)N1C(=O)[C@@H]2[C@@H](C1=O)[C@H]1C=C[C@H]2CC1. The first-order valence-corrected chi connectivity index (χ1v) is 8.34. The van der Waals surface area contributed by atoms with Crippen LogP contribution in [0.15, 0.2) is 36.7 Å². The highest BCUT2D eigenvalue weighted by Crippen LogP contribution is 2.49. The van der Waals surface area contributed by atoms with Gasteiger partial charge in [0.2, 0.25) is 17.7 Å². The van der Waals surface area contributed by atoms with E-state index in [-0.39, 0.29) is 41.4 Å². The van der Waals surface area contributed by atoms with Gasteiger partial charge in [-0.15, -0.1) is 0 Å². The monoisotopic (exact) mass is 325 g/mol. The van der Waals surface area contributed by atoms with Crippen molar-refractivity contribution in [3.05, 3.63) is 36.7 Å². The molecular formula is C18H19N3O3. The Balaban J connectivity index is 1.55. The third-order valence-corrected chi connectivity index (χ3v) is 5.49. The molecule has 6 nitrogen and oxygen atoms in total.